The van der Waals surface area contributed by atoms with Gasteiger partial charge in [-0.2, -0.15) is 0 Å². The molecule has 0 bridgehead atoms. The summed E-state index contributed by atoms with van der Waals surface area (Å²) in [5, 5.41) is 32.1. The molecule has 0 amide bonds. The van der Waals surface area contributed by atoms with Crippen LogP contribution in [0, 0.1) is 0 Å². The van der Waals surface area contributed by atoms with Crippen LogP contribution in [0.3, 0.4) is 0 Å². The van der Waals surface area contributed by atoms with Crippen LogP contribution in [-0.2, 0) is 6.42 Å². The molecule has 0 spiro atoms. The SMILES string of the molecule is COc1ccc([C@H](Cc2ccccc2)NC(CO)(CO)CO)cc1. The second-order valence-corrected chi connectivity index (χ2v) is 5.91. The second-order valence-electron chi connectivity index (χ2n) is 5.91. The summed E-state index contributed by atoms with van der Waals surface area (Å²) in [4.78, 5) is 0. The van der Waals surface area contributed by atoms with E-state index in [0.717, 1.165) is 16.9 Å². The molecule has 0 aromatic heterocycles. The van der Waals surface area contributed by atoms with Crippen molar-refractivity contribution in [1.29, 1.82) is 0 Å². The van der Waals surface area contributed by atoms with Gasteiger partial charge in [-0.05, 0) is 29.7 Å². The first-order valence-electron chi connectivity index (χ1n) is 7.94. The van der Waals surface area contributed by atoms with Gasteiger partial charge in [0.1, 0.15) is 5.75 Å². The van der Waals surface area contributed by atoms with Crippen LogP contribution in [0.15, 0.2) is 54.6 Å². The molecule has 0 aliphatic carbocycles. The first-order chi connectivity index (χ1) is 11.7. The van der Waals surface area contributed by atoms with E-state index in [4.69, 9.17) is 4.74 Å². The van der Waals surface area contributed by atoms with Crippen LogP contribution >= 0.6 is 0 Å². The summed E-state index contributed by atoms with van der Waals surface area (Å²) in [5.41, 5.74) is 0.965. The molecular formula is C19H25NO4. The molecule has 2 aromatic carbocycles. The average Bonchev–Trinajstić information content (AvgIpc) is 2.66. The summed E-state index contributed by atoms with van der Waals surface area (Å²) in [7, 11) is 1.61. The molecule has 0 fully saturated rings. The number of aliphatic hydroxyl groups excluding tert-OH is 3. The van der Waals surface area contributed by atoms with Gasteiger partial charge in [0.2, 0.25) is 0 Å². The Hall–Kier alpha value is -1.92. The highest BCUT2D eigenvalue weighted by molar-refractivity contribution is 5.31. The fourth-order valence-corrected chi connectivity index (χ4v) is 2.59. The van der Waals surface area contributed by atoms with Crippen LogP contribution in [0.4, 0.5) is 0 Å². The number of benzene rings is 2. The van der Waals surface area contributed by atoms with Crippen LogP contribution in [0.2, 0.25) is 0 Å². The van der Waals surface area contributed by atoms with E-state index in [1.165, 1.54) is 0 Å². The molecule has 1 atom stereocenters. The molecule has 5 nitrogen and oxygen atoms in total. The Kier molecular flexibility index (Phi) is 6.75. The van der Waals surface area contributed by atoms with Crippen LogP contribution in [0.1, 0.15) is 17.2 Å². The maximum Gasteiger partial charge on any atom is 0.118 e. The van der Waals surface area contributed by atoms with E-state index in [2.05, 4.69) is 5.32 Å². The smallest absolute Gasteiger partial charge is 0.118 e. The van der Waals surface area contributed by atoms with Gasteiger partial charge in [0.25, 0.3) is 0 Å². The van der Waals surface area contributed by atoms with E-state index >= 15 is 0 Å². The minimum atomic E-state index is -1.14. The Morgan fingerprint density at radius 3 is 2.00 bits per heavy atom. The number of rotatable bonds is 9. The maximum atomic E-state index is 9.62. The number of ether oxygens (including phenoxy) is 1. The topological polar surface area (TPSA) is 82.0 Å². The Labute approximate surface area is 142 Å². The number of aliphatic hydroxyl groups is 3. The molecule has 2 aromatic rings. The zero-order valence-electron chi connectivity index (χ0n) is 13.9. The van der Waals surface area contributed by atoms with Crippen molar-refractivity contribution in [3.05, 3.63) is 65.7 Å². The van der Waals surface area contributed by atoms with Gasteiger partial charge in [-0.25, -0.2) is 0 Å². The lowest BCUT2D eigenvalue weighted by atomic mass is 9.94. The van der Waals surface area contributed by atoms with E-state index < -0.39 is 5.54 Å². The maximum absolute atomic E-state index is 9.62. The van der Waals surface area contributed by atoms with Gasteiger partial charge >= 0.3 is 0 Å². The molecule has 24 heavy (non-hydrogen) atoms. The highest BCUT2D eigenvalue weighted by Crippen LogP contribution is 2.24. The lowest BCUT2D eigenvalue weighted by Gasteiger charge is -2.34. The summed E-state index contributed by atoms with van der Waals surface area (Å²) in [5.74, 6) is 0.759. The lowest BCUT2D eigenvalue weighted by molar-refractivity contribution is 0.0339. The highest BCUT2D eigenvalue weighted by Gasteiger charge is 2.31. The van der Waals surface area contributed by atoms with Gasteiger partial charge in [-0.3, -0.25) is 5.32 Å². The molecule has 0 saturated heterocycles. The third-order valence-corrected chi connectivity index (χ3v) is 4.19. The molecule has 2 rings (SSSR count). The van der Waals surface area contributed by atoms with Crippen LogP contribution in [0.25, 0.3) is 0 Å². The first-order valence-corrected chi connectivity index (χ1v) is 7.94. The molecule has 0 radical (unpaired) electrons. The minimum Gasteiger partial charge on any atom is -0.497 e. The van der Waals surface area contributed by atoms with Crippen molar-refractivity contribution in [2.24, 2.45) is 0 Å². The van der Waals surface area contributed by atoms with Gasteiger partial charge in [0, 0.05) is 6.04 Å². The molecular weight excluding hydrogens is 306 g/mol. The normalized spacial score (nSPS) is 12.8. The van der Waals surface area contributed by atoms with Crippen molar-refractivity contribution in [2.45, 2.75) is 18.0 Å². The molecule has 0 unspecified atom stereocenters. The van der Waals surface area contributed by atoms with E-state index in [1.807, 2.05) is 54.6 Å². The predicted octanol–water partition coefficient (Wildman–Crippen LogP) is 1.28. The molecule has 0 aliphatic rings. The van der Waals surface area contributed by atoms with E-state index in [0.29, 0.717) is 6.42 Å². The standard InChI is InChI=1S/C19H25NO4/c1-24-17-9-7-16(8-10-17)18(11-15-5-3-2-4-6-15)20-19(12-21,13-22)14-23/h2-10,18,20-23H,11-14H2,1H3/t18-/m0/s1. The fourth-order valence-electron chi connectivity index (χ4n) is 2.59. The number of nitrogens with one attached hydrogen (secondary N) is 1. The number of hydrogen-bond acceptors (Lipinski definition) is 5. The van der Waals surface area contributed by atoms with Crippen molar-refractivity contribution in [3.8, 4) is 5.75 Å². The molecule has 5 heteroatoms. The third-order valence-electron chi connectivity index (χ3n) is 4.19. The molecule has 0 aliphatic heterocycles. The highest BCUT2D eigenvalue weighted by atomic mass is 16.5. The van der Waals surface area contributed by atoms with Crippen molar-refractivity contribution in [1.82, 2.24) is 5.32 Å². The number of hydrogen-bond donors (Lipinski definition) is 4. The van der Waals surface area contributed by atoms with Gasteiger partial charge in [-0.1, -0.05) is 42.5 Å². The van der Waals surface area contributed by atoms with Crippen LogP contribution in [-0.4, -0.2) is 47.8 Å². The molecule has 0 heterocycles. The summed E-state index contributed by atoms with van der Waals surface area (Å²) in [6.45, 7) is -1.08. The largest absolute Gasteiger partial charge is 0.497 e. The minimum absolute atomic E-state index is 0.176. The van der Waals surface area contributed by atoms with E-state index in [-0.39, 0.29) is 25.9 Å². The first kappa shape index (κ1) is 18.4. The molecule has 4 N–H and O–H groups in total. The van der Waals surface area contributed by atoms with Crippen molar-refractivity contribution in [3.63, 3.8) is 0 Å². The Balaban J connectivity index is 2.29. The van der Waals surface area contributed by atoms with E-state index in [9.17, 15) is 15.3 Å². The van der Waals surface area contributed by atoms with Gasteiger partial charge < -0.3 is 20.1 Å². The Morgan fingerprint density at radius 2 is 1.50 bits per heavy atom. The summed E-state index contributed by atoms with van der Waals surface area (Å²) >= 11 is 0. The average molecular weight is 331 g/mol. The van der Waals surface area contributed by atoms with Crippen molar-refractivity contribution < 1.29 is 20.1 Å². The van der Waals surface area contributed by atoms with Gasteiger partial charge in [-0.15, -0.1) is 0 Å². The summed E-state index contributed by atoms with van der Waals surface area (Å²) in [6, 6.07) is 17.4. The Bertz CT molecular complexity index is 588. The lowest BCUT2D eigenvalue weighted by Crippen LogP contribution is -2.56. The summed E-state index contributed by atoms with van der Waals surface area (Å²) in [6.07, 6.45) is 0.662. The zero-order valence-corrected chi connectivity index (χ0v) is 13.9. The molecule has 0 saturated carbocycles. The third kappa shape index (κ3) is 4.55. The van der Waals surface area contributed by atoms with Crippen LogP contribution < -0.4 is 10.1 Å². The Morgan fingerprint density at radius 1 is 0.917 bits per heavy atom. The zero-order chi connectivity index (χ0) is 17.4. The van der Waals surface area contributed by atoms with Gasteiger partial charge in [0.15, 0.2) is 0 Å². The predicted molar refractivity (Wildman–Crippen MR) is 93.0 cm³/mol. The van der Waals surface area contributed by atoms with Crippen molar-refractivity contribution >= 4 is 0 Å². The van der Waals surface area contributed by atoms with E-state index in [1.54, 1.807) is 7.11 Å². The number of methoxy groups -OCH3 is 1. The monoisotopic (exact) mass is 331 g/mol. The van der Waals surface area contributed by atoms with Crippen LogP contribution in [0.5, 0.6) is 5.75 Å². The second kappa shape index (κ2) is 8.80. The molecule has 130 valence electrons. The fraction of sp³-hybridized carbons (Fsp3) is 0.368. The van der Waals surface area contributed by atoms with Gasteiger partial charge in [0.05, 0.1) is 32.5 Å². The van der Waals surface area contributed by atoms with Crippen molar-refractivity contribution in [2.75, 3.05) is 26.9 Å². The summed E-state index contributed by atoms with van der Waals surface area (Å²) < 4.78 is 5.19. The quantitative estimate of drug-likeness (QED) is 0.557.